The van der Waals surface area contributed by atoms with E-state index in [9.17, 15) is 4.79 Å². The van der Waals surface area contributed by atoms with Gasteiger partial charge in [0.2, 0.25) is 11.9 Å². The molecule has 0 aliphatic heterocycles. The van der Waals surface area contributed by atoms with Crippen LogP contribution in [-0.4, -0.2) is 27.0 Å². The first-order valence-corrected chi connectivity index (χ1v) is 7.15. The molecule has 0 fully saturated rings. The van der Waals surface area contributed by atoms with Gasteiger partial charge in [0, 0.05) is 16.6 Å². The van der Waals surface area contributed by atoms with E-state index in [4.69, 9.17) is 4.74 Å². The topological polar surface area (TPSA) is 92.8 Å². The number of rotatable bonds is 3. The summed E-state index contributed by atoms with van der Waals surface area (Å²) >= 11 is 0. The van der Waals surface area contributed by atoms with E-state index in [1.165, 1.54) is 0 Å². The molecule has 0 aliphatic carbocycles. The van der Waals surface area contributed by atoms with Gasteiger partial charge in [0.15, 0.2) is 0 Å². The Bertz CT molecular complexity index is 949. The van der Waals surface area contributed by atoms with E-state index in [1.807, 2.05) is 25.1 Å². The maximum Gasteiger partial charge on any atom is 0.255 e. The second-order valence-electron chi connectivity index (χ2n) is 5.24. The van der Waals surface area contributed by atoms with E-state index in [0.717, 1.165) is 11.1 Å². The summed E-state index contributed by atoms with van der Waals surface area (Å²) in [5, 5.41) is 3.87. The van der Waals surface area contributed by atoms with Gasteiger partial charge in [0.05, 0.1) is 12.8 Å². The van der Waals surface area contributed by atoms with E-state index in [1.54, 1.807) is 21.0 Å². The minimum atomic E-state index is -0.185. The highest BCUT2D eigenvalue weighted by molar-refractivity contribution is 5.87. The number of ether oxygens (including phenoxy) is 1. The van der Waals surface area contributed by atoms with Crippen LogP contribution in [-0.2, 0) is 0 Å². The first-order chi connectivity index (χ1) is 11.0. The first-order valence-electron chi connectivity index (χ1n) is 7.15. The van der Waals surface area contributed by atoms with E-state index in [-0.39, 0.29) is 5.56 Å². The van der Waals surface area contributed by atoms with Crippen LogP contribution in [0.4, 0.5) is 11.9 Å². The van der Waals surface area contributed by atoms with Crippen LogP contribution in [0.5, 0.6) is 5.75 Å². The number of nitrogens with zero attached hydrogens (tertiary/aromatic N) is 3. The van der Waals surface area contributed by atoms with Gasteiger partial charge in [-0.3, -0.25) is 15.1 Å². The highest BCUT2D eigenvalue weighted by atomic mass is 16.5. The molecule has 2 N–H and O–H groups in total. The van der Waals surface area contributed by atoms with Gasteiger partial charge in [0.25, 0.3) is 5.56 Å². The minimum absolute atomic E-state index is 0.185. The third-order valence-electron chi connectivity index (χ3n) is 3.72. The molecule has 0 unspecified atom stereocenters. The smallest absolute Gasteiger partial charge is 0.255 e. The van der Waals surface area contributed by atoms with Crippen molar-refractivity contribution in [1.82, 2.24) is 19.9 Å². The molecule has 118 valence electrons. The van der Waals surface area contributed by atoms with Gasteiger partial charge in [-0.2, -0.15) is 0 Å². The molecule has 0 bridgehead atoms. The number of para-hydroxylation sites is 1. The lowest BCUT2D eigenvalue weighted by atomic mass is 10.2. The number of anilines is 2. The Kier molecular flexibility index (Phi) is 3.69. The number of benzene rings is 1. The molecule has 0 saturated heterocycles. The summed E-state index contributed by atoms with van der Waals surface area (Å²) in [7, 11) is 1.60. The van der Waals surface area contributed by atoms with Crippen LogP contribution in [0, 0.1) is 20.8 Å². The van der Waals surface area contributed by atoms with Crippen LogP contribution in [0.15, 0.2) is 23.0 Å². The second-order valence-corrected chi connectivity index (χ2v) is 5.24. The first kappa shape index (κ1) is 15.0. The molecule has 0 atom stereocenters. The normalized spacial score (nSPS) is 10.8. The fourth-order valence-corrected chi connectivity index (χ4v) is 2.31. The summed E-state index contributed by atoms with van der Waals surface area (Å²) in [6.45, 7) is 5.41. The zero-order valence-corrected chi connectivity index (χ0v) is 13.4. The lowest BCUT2D eigenvalue weighted by Gasteiger charge is -2.10. The standard InChI is InChI=1S/C16H17N5O2/c1-8-9(2)17-16(20-14(8)22)21-15-18-10(3)11-6-5-7-12(23-4)13(11)19-15/h5-7H,1-4H3,(H2,17,18,19,20,21,22). The SMILES string of the molecule is COc1cccc2c(C)nc(Nc3nc(C)c(C)c(=O)[nH]3)nc12. The van der Waals surface area contributed by atoms with Crippen LogP contribution >= 0.6 is 0 Å². The summed E-state index contributed by atoms with van der Waals surface area (Å²) in [5.74, 6) is 1.33. The zero-order chi connectivity index (χ0) is 16.6. The predicted octanol–water partition coefficient (Wildman–Crippen LogP) is 2.39. The van der Waals surface area contributed by atoms with Gasteiger partial charge in [-0.15, -0.1) is 0 Å². The second kappa shape index (κ2) is 5.68. The summed E-state index contributed by atoms with van der Waals surface area (Å²) in [4.78, 5) is 27.7. The number of methoxy groups -OCH3 is 1. The largest absolute Gasteiger partial charge is 0.494 e. The van der Waals surface area contributed by atoms with Gasteiger partial charge in [-0.05, 0) is 26.8 Å². The van der Waals surface area contributed by atoms with Crippen molar-refractivity contribution >= 4 is 22.8 Å². The van der Waals surface area contributed by atoms with Crippen LogP contribution in [0.3, 0.4) is 0 Å². The average Bonchev–Trinajstić information content (AvgIpc) is 2.52. The van der Waals surface area contributed by atoms with Crippen LogP contribution < -0.4 is 15.6 Å². The van der Waals surface area contributed by atoms with E-state index < -0.39 is 0 Å². The van der Waals surface area contributed by atoms with E-state index in [2.05, 4.69) is 25.3 Å². The summed E-state index contributed by atoms with van der Waals surface area (Å²) in [6.07, 6.45) is 0. The Morgan fingerprint density at radius 2 is 1.87 bits per heavy atom. The van der Waals surface area contributed by atoms with Gasteiger partial charge in [-0.25, -0.2) is 15.0 Å². The number of aromatic amines is 1. The number of hydrogen-bond acceptors (Lipinski definition) is 6. The number of nitrogens with one attached hydrogen (secondary N) is 2. The van der Waals surface area contributed by atoms with Crippen LogP contribution in [0.25, 0.3) is 10.9 Å². The van der Waals surface area contributed by atoms with Gasteiger partial charge < -0.3 is 4.74 Å². The Hall–Kier alpha value is -2.96. The van der Waals surface area contributed by atoms with Crippen molar-refractivity contribution in [2.75, 3.05) is 12.4 Å². The van der Waals surface area contributed by atoms with E-state index >= 15 is 0 Å². The molecule has 0 aliphatic rings. The molecule has 7 nitrogen and oxygen atoms in total. The Morgan fingerprint density at radius 3 is 2.57 bits per heavy atom. The van der Waals surface area contributed by atoms with Gasteiger partial charge in [0.1, 0.15) is 11.3 Å². The quantitative estimate of drug-likeness (QED) is 0.771. The third-order valence-corrected chi connectivity index (χ3v) is 3.72. The molecule has 0 spiro atoms. The van der Waals surface area contributed by atoms with Crippen LogP contribution in [0.1, 0.15) is 17.0 Å². The Morgan fingerprint density at radius 1 is 1.09 bits per heavy atom. The summed E-state index contributed by atoms with van der Waals surface area (Å²) in [5.41, 5.74) is 2.58. The number of aromatic nitrogens is 4. The number of fused-ring (bicyclic) bond motifs is 1. The lowest BCUT2D eigenvalue weighted by Crippen LogP contribution is -2.16. The molecule has 0 saturated carbocycles. The maximum atomic E-state index is 11.8. The van der Waals surface area contributed by atoms with Crippen molar-refractivity contribution in [3.05, 3.63) is 45.5 Å². The number of aryl methyl sites for hydroxylation is 2. The van der Waals surface area contributed by atoms with E-state index in [0.29, 0.717) is 34.4 Å². The lowest BCUT2D eigenvalue weighted by molar-refractivity contribution is 0.419. The fraction of sp³-hybridized carbons (Fsp3) is 0.250. The minimum Gasteiger partial charge on any atom is -0.494 e. The summed E-state index contributed by atoms with van der Waals surface area (Å²) < 4.78 is 5.35. The molecular weight excluding hydrogens is 294 g/mol. The van der Waals surface area contributed by atoms with Crippen molar-refractivity contribution in [1.29, 1.82) is 0 Å². The molecule has 0 amide bonds. The van der Waals surface area contributed by atoms with Crippen molar-refractivity contribution in [2.45, 2.75) is 20.8 Å². The zero-order valence-electron chi connectivity index (χ0n) is 13.4. The van der Waals surface area contributed by atoms with Gasteiger partial charge in [-0.1, -0.05) is 12.1 Å². The molecule has 2 aromatic heterocycles. The monoisotopic (exact) mass is 311 g/mol. The van der Waals surface area contributed by atoms with Crippen molar-refractivity contribution in [2.24, 2.45) is 0 Å². The molecule has 3 aromatic rings. The number of hydrogen-bond donors (Lipinski definition) is 2. The summed E-state index contributed by atoms with van der Waals surface area (Å²) in [6, 6.07) is 5.68. The van der Waals surface area contributed by atoms with Crippen LogP contribution in [0.2, 0.25) is 0 Å². The Balaban J connectivity index is 2.09. The molecule has 3 rings (SSSR count). The fourth-order valence-electron chi connectivity index (χ4n) is 2.31. The van der Waals surface area contributed by atoms with Gasteiger partial charge >= 0.3 is 0 Å². The molecule has 7 heteroatoms. The van der Waals surface area contributed by atoms with Crippen molar-refractivity contribution in [3.63, 3.8) is 0 Å². The highest BCUT2D eigenvalue weighted by Crippen LogP contribution is 2.26. The molecule has 0 radical (unpaired) electrons. The molecule has 2 heterocycles. The maximum absolute atomic E-state index is 11.8. The van der Waals surface area contributed by atoms with Crippen molar-refractivity contribution < 1.29 is 4.74 Å². The number of H-pyrrole nitrogens is 1. The highest BCUT2D eigenvalue weighted by Gasteiger charge is 2.10. The molecule has 1 aromatic carbocycles. The predicted molar refractivity (Wildman–Crippen MR) is 88.4 cm³/mol. The third kappa shape index (κ3) is 2.73. The molecule has 23 heavy (non-hydrogen) atoms. The average molecular weight is 311 g/mol. The van der Waals surface area contributed by atoms with Crippen molar-refractivity contribution in [3.8, 4) is 5.75 Å². The Labute approximate surface area is 132 Å². The molecular formula is C16H17N5O2.